The second-order valence-electron chi connectivity index (χ2n) is 6.86. The first-order valence-corrected chi connectivity index (χ1v) is 8.75. The fraction of sp³-hybridized carbons (Fsp3) is 0.667. The van der Waals surface area contributed by atoms with Gasteiger partial charge in [0, 0.05) is 17.3 Å². The van der Waals surface area contributed by atoms with Gasteiger partial charge in [0.15, 0.2) is 5.78 Å². The van der Waals surface area contributed by atoms with Crippen molar-refractivity contribution in [1.82, 2.24) is 10.3 Å². The maximum atomic E-state index is 12.9. The molecule has 4 nitrogen and oxygen atoms in total. The number of hydrogen-bond acceptors (Lipinski definition) is 2. The fourth-order valence-electron chi connectivity index (χ4n) is 3.72. The molecule has 0 saturated heterocycles. The minimum Gasteiger partial charge on any atom is -0.354 e. The number of alkyl halides is 3. The number of ketones is 1. The van der Waals surface area contributed by atoms with Crippen molar-refractivity contribution in [3.8, 4) is 0 Å². The molecule has 1 aliphatic carbocycles. The Kier molecular flexibility index (Phi) is 5.95. The van der Waals surface area contributed by atoms with Gasteiger partial charge >= 0.3 is 6.18 Å². The van der Waals surface area contributed by atoms with E-state index in [1.165, 1.54) is 6.92 Å². The van der Waals surface area contributed by atoms with Crippen molar-refractivity contribution in [2.45, 2.75) is 71.5 Å². The molecule has 1 fully saturated rings. The third-order valence-electron chi connectivity index (χ3n) is 4.84. The summed E-state index contributed by atoms with van der Waals surface area (Å²) in [6.45, 7) is 5.13. The van der Waals surface area contributed by atoms with Crippen LogP contribution < -0.4 is 5.32 Å². The number of H-pyrrole nitrogens is 1. The van der Waals surface area contributed by atoms with E-state index >= 15 is 0 Å². The van der Waals surface area contributed by atoms with Crippen molar-refractivity contribution in [3.63, 3.8) is 0 Å². The molecule has 0 aliphatic heterocycles. The van der Waals surface area contributed by atoms with Crippen molar-refractivity contribution in [2.24, 2.45) is 5.92 Å². The summed E-state index contributed by atoms with van der Waals surface area (Å²) < 4.78 is 38.8. The van der Waals surface area contributed by atoms with Gasteiger partial charge < -0.3 is 10.3 Å². The molecule has 7 heteroatoms. The summed E-state index contributed by atoms with van der Waals surface area (Å²) in [6.07, 6.45) is -1.87. The summed E-state index contributed by atoms with van der Waals surface area (Å²) >= 11 is 0. The topological polar surface area (TPSA) is 62.0 Å². The lowest BCUT2D eigenvalue weighted by Gasteiger charge is -2.31. The molecule has 2 unspecified atom stereocenters. The molecule has 0 bridgehead atoms. The molecule has 2 N–H and O–H groups in total. The van der Waals surface area contributed by atoms with Gasteiger partial charge in [0.05, 0.1) is 5.92 Å². The zero-order valence-corrected chi connectivity index (χ0v) is 14.8. The number of aromatic amines is 1. The summed E-state index contributed by atoms with van der Waals surface area (Å²) in [6, 6.07) is -0.494. The number of carbonyl (C=O) groups excluding carboxylic acids is 2. The Morgan fingerprint density at radius 2 is 1.96 bits per heavy atom. The Labute approximate surface area is 145 Å². The van der Waals surface area contributed by atoms with Crippen LogP contribution in [0.3, 0.4) is 0 Å². The lowest BCUT2D eigenvalue weighted by Crippen LogP contribution is -2.42. The molecule has 1 aliphatic rings. The Morgan fingerprint density at radius 3 is 2.52 bits per heavy atom. The smallest absolute Gasteiger partial charge is 0.354 e. The minimum absolute atomic E-state index is 0.0857. The first kappa shape index (κ1) is 19.5. The number of Topliss-reactive ketones (excluding diaryl/α,β-unsaturated/α-hetero) is 1. The van der Waals surface area contributed by atoms with Crippen molar-refractivity contribution in [2.75, 3.05) is 0 Å². The third-order valence-corrected chi connectivity index (χ3v) is 4.84. The highest BCUT2D eigenvalue weighted by atomic mass is 19.4. The lowest BCUT2D eigenvalue weighted by molar-refractivity contribution is -0.183. The predicted molar refractivity (Wildman–Crippen MR) is 88.8 cm³/mol. The first-order chi connectivity index (χ1) is 11.6. The zero-order valence-electron chi connectivity index (χ0n) is 14.8. The highest BCUT2D eigenvalue weighted by Crippen LogP contribution is 2.37. The summed E-state index contributed by atoms with van der Waals surface area (Å²) in [7, 11) is 0. The summed E-state index contributed by atoms with van der Waals surface area (Å²) in [4.78, 5) is 27.4. The average molecular weight is 358 g/mol. The van der Waals surface area contributed by atoms with Crippen LogP contribution in [0.25, 0.3) is 0 Å². The van der Waals surface area contributed by atoms with Crippen LogP contribution in [0.2, 0.25) is 0 Å². The van der Waals surface area contributed by atoms with Gasteiger partial charge in [-0.2, -0.15) is 13.2 Å². The van der Waals surface area contributed by atoms with E-state index in [9.17, 15) is 22.8 Å². The van der Waals surface area contributed by atoms with E-state index in [0.717, 1.165) is 6.42 Å². The van der Waals surface area contributed by atoms with Crippen molar-refractivity contribution >= 4 is 11.7 Å². The monoisotopic (exact) mass is 358 g/mol. The number of aryl methyl sites for hydroxylation is 1. The summed E-state index contributed by atoms with van der Waals surface area (Å²) in [5, 5.41) is 2.73. The number of carbonyl (C=O) groups is 2. The van der Waals surface area contributed by atoms with Crippen molar-refractivity contribution in [3.05, 3.63) is 22.5 Å². The van der Waals surface area contributed by atoms with E-state index in [2.05, 4.69) is 10.3 Å². The SMILES string of the molecule is CCCc1c(C(=O)NC2CCCC(C(F)(F)F)C2)[nH]c(C)c1C(C)=O. The van der Waals surface area contributed by atoms with Crippen LogP contribution in [0, 0.1) is 12.8 Å². The second kappa shape index (κ2) is 7.62. The predicted octanol–water partition coefficient (Wildman–Crippen LogP) is 4.33. The molecule has 0 spiro atoms. The Morgan fingerprint density at radius 1 is 1.28 bits per heavy atom. The van der Waals surface area contributed by atoms with Crippen LogP contribution in [-0.2, 0) is 6.42 Å². The van der Waals surface area contributed by atoms with Crippen LogP contribution in [0.15, 0.2) is 0 Å². The maximum Gasteiger partial charge on any atom is 0.391 e. The van der Waals surface area contributed by atoms with Crippen LogP contribution in [-0.4, -0.2) is 28.9 Å². The van der Waals surface area contributed by atoms with E-state index in [1.807, 2.05) is 6.92 Å². The molecule has 1 saturated carbocycles. The average Bonchev–Trinajstić information content (AvgIpc) is 2.84. The second-order valence-corrected chi connectivity index (χ2v) is 6.86. The number of rotatable bonds is 5. The van der Waals surface area contributed by atoms with E-state index in [0.29, 0.717) is 41.8 Å². The van der Waals surface area contributed by atoms with Gasteiger partial charge in [-0.25, -0.2) is 0 Å². The van der Waals surface area contributed by atoms with Crippen LogP contribution in [0.1, 0.15) is 78.1 Å². The molecule has 1 amide bonds. The van der Waals surface area contributed by atoms with Gasteiger partial charge in [-0.15, -0.1) is 0 Å². The largest absolute Gasteiger partial charge is 0.391 e. The number of hydrogen-bond donors (Lipinski definition) is 2. The minimum atomic E-state index is -4.22. The van der Waals surface area contributed by atoms with Gasteiger partial charge in [-0.05, 0) is 45.1 Å². The molecule has 1 aromatic heterocycles. The quantitative estimate of drug-likeness (QED) is 0.770. The van der Waals surface area contributed by atoms with Crippen LogP contribution in [0.4, 0.5) is 13.2 Å². The van der Waals surface area contributed by atoms with E-state index in [-0.39, 0.29) is 18.6 Å². The molecule has 0 aromatic carbocycles. The van der Waals surface area contributed by atoms with Crippen LogP contribution >= 0.6 is 0 Å². The number of nitrogens with one attached hydrogen (secondary N) is 2. The fourth-order valence-corrected chi connectivity index (χ4v) is 3.72. The van der Waals surface area contributed by atoms with Gasteiger partial charge in [0.25, 0.3) is 5.91 Å². The van der Waals surface area contributed by atoms with Crippen molar-refractivity contribution in [1.29, 1.82) is 0 Å². The maximum absolute atomic E-state index is 12.9. The lowest BCUT2D eigenvalue weighted by atomic mass is 9.85. The molecule has 2 rings (SSSR count). The standard InChI is InChI=1S/C18H25F3N2O2/c1-4-6-14-15(11(3)24)10(2)22-16(14)17(25)23-13-8-5-7-12(9-13)18(19,20)21/h12-13,22H,4-9H2,1-3H3,(H,23,25). The third kappa shape index (κ3) is 4.44. The first-order valence-electron chi connectivity index (χ1n) is 8.75. The summed E-state index contributed by atoms with van der Waals surface area (Å²) in [5.41, 5.74) is 2.11. The highest BCUT2D eigenvalue weighted by molar-refractivity contribution is 6.02. The molecule has 25 heavy (non-hydrogen) atoms. The normalized spacial score (nSPS) is 21.2. The number of aromatic nitrogens is 1. The highest BCUT2D eigenvalue weighted by Gasteiger charge is 2.42. The van der Waals surface area contributed by atoms with Gasteiger partial charge in [-0.3, -0.25) is 9.59 Å². The molecular weight excluding hydrogens is 333 g/mol. The van der Waals surface area contributed by atoms with Gasteiger partial charge in [0.2, 0.25) is 0 Å². The molecular formula is C18H25F3N2O2. The number of amides is 1. The van der Waals surface area contributed by atoms with Gasteiger partial charge in [0.1, 0.15) is 5.69 Å². The molecule has 2 atom stereocenters. The van der Waals surface area contributed by atoms with E-state index in [4.69, 9.17) is 0 Å². The Hall–Kier alpha value is -1.79. The molecule has 1 heterocycles. The van der Waals surface area contributed by atoms with Crippen LogP contribution in [0.5, 0.6) is 0 Å². The van der Waals surface area contributed by atoms with Crippen molar-refractivity contribution < 1.29 is 22.8 Å². The Balaban J connectivity index is 2.18. The molecule has 140 valence electrons. The van der Waals surface area contributed by atoms with E-state index < -0.39 is 24.0 Å². The molecule has 0 radical (unpaired) electrons. The van der Waals surface area contributed by atoms with Gasteiger partial charge in [-0.1, -0.05) is 19.8 Å². The Bertz CT molecular complexity index is 649. The zero-order chi connectivity index (χ0) is 18.8. The molecule has 1 aromatic rings. The summed E-state index contributed by atoms with van der Waals surface area (Å²) in [5.74, 6) is -1.90. The van der Waals surface area contributed by atoms with E-state index in [1.54, 1.807) is 6.92 Å². The number of halogens is 3.